The molecule has 9 nitrogen and oxygen atoms in total. The molecule has 2 N–H and O–H groups in total. The molecule has 2 saturated heterocycles. The summed E-state index contributed by atoms with van der Waals surface area (Å²) in [7, 11) is 0. The van der Waals surface area contributed by atoms with E-state index in [1.54, 1.807) is 17.0 Å². The lowest BCUT2D eigenvalue weighted by atomic mass is 10.1. The number of anilines is 2. The Balaban J connectivity index is 1.31. The van der Waals surface area contributed by atoms with Gasteiger partial charge >= 0.3 is 6.09 Å². The van der Waals surface area contributed by atoms with Crippen molar-refractivity contribution in [2.24, 2.45) is 0 Å². The van der Waals surface area contributed by atoms with Gasteiger partial charge in [0.2, 0.25) is 0 Å². The van der Waals surface area contributed by atoms with Gasteiger partial charge in [-0.05, 0) is 61.0 Å². The average Bonchev–Trinajstić information content (AvgIpc) is 3.30. The molecule has 0 saturated carbocycles. The van der Waals surface area contributed by atoms with Crippen LogP contribution >= 0.6 is 0 Å². The fourth-order valence-corrected chi connectivity index (χ4v) is 5.07. The van der Waals surface area contributed by atoms with E-state index in [9.17, 15) is 18.8 Å². The van der Waals surface area contributed by atoms with Gasteiger partial charge in [0.1, 0.15) is 12.4 Å². The Labute approximate surface area is 238 Å². The van der Waals surface area contributed by atoms with Crippen molar-refractivity contribution in [1.82, 2.24) is 15.1 Å². The predicted molar refractivity (Wildman–Crippen MR) is 155 cm³/mol. The SMILES string of the molecule is O=C(Nc1cc(C(=O)N2CCCNCC2)ccc1N1CCN(C(=O)c2ccc(F)cc2)CC1)OCc1ccccc1. The van der Waals surface area contributed by atoms with Crippen LogP contribution in [0.25, 0.3) is 0 Å². The molecule has 214 valence electrons. The molecule has 0 radical (unpaired) electrons. The maximum absolute atomic E-state index is 13.3. The normalized spacial score (nSPS) is 15.7. The minimum absolute atomic E-state index is 0.0873. The quantitative estimate of drug-likeness (QED) is 0.475. The molecule has 0 aromatic heterocycles. The molecule has 3 amide bonds. The number of nitrogens with zero attached hydrogens (tertiary/aromatic N) is 3. The average molecular weight is 560 g/mol. The minimum atomic E-state index is -0.621. The molecule has 0 aliphatic carbocycles. The summed E-state index contributed by atoms with van der Waals surface area (Å²) in [6.07, 6.45) is 0.255. The van der Waals surface area contributed by atoms with Crippen molar-refractivity contribution >= 4 is 29.3 Å². The van der Waals surface area contributed by atoms with Gasteiger partial charge in [0.25, 0.3) is 11.8 Å². The first-order valence-electron chi connectivity index (χ1n) is 13.9. The fourth-order valence-electron chi connectivity index (χ4n) is 5.07. The molecule has 0 spiro atoms. The van der Waals surface area contributed by atoms with Crippen LogP contribution in [0.15, 0.2) is 72.8 Å². The van der Waals surface area contributed by atoms with Gasteiger partial charge in [-0.2, -0.15) is 0 Å². The molecule has 10 heteroatoms. The molecule has 0 unspecified atom stereocenters. The second-order valence-corrected chi connectivity index (χ2v) is 10.1. The van der Waals surface area contributed by atoms with Crippen molar-refractivity contribution in [2.45, 2.75) is 13.0 Å². The van der Waals surface area contributed by atoms with Crippen LogP contribution < -0.4 is 15.5 Å². The van der Waals surface area contributed by atoms with Crippen LogP contribution in [-0.4, -0.2) is 80.1 Å². The van der Waals surface area contributed by atoms with Crippen molar-refractivity contribution in [1.29, 1.82) is 0 Å². The molecule has 2 fully saturated rings. The van der Waals surface area contributed by atoms with Crippen molar-refractivity contribution in [3.05, 3.63) is 95.3 Å². The molecule has 41 heavy (non-hydrogen) atoms. The van der Waals surface area contributed by atoms with E-state index >= 15 is 0 Å². The van der Waals surface area contributed by atoms with Crippen molar-refractivity contribution in [3.8, 4) is 0 Å². The van der Waals surface area contributed by atoms with E-state index < -0.39 is 6.09 Å². The van der Waals surface area contributed by atoms with E-state index in [1.807, 2.05) is 41.3 Å². The van der Waals surface area contributed by atoms with Gasteiger partial charge in [-0.25, -0.2) is 9.18 Å². The number of benzene rings is 3. The predicted octanol–water partition coefficient (Wildman–Crippen LogP) is 3.97. The topological polar surface area (TPSA) is 94.2 Å². The van der Waals surface area contributed by atoms with Gasteiger partial charge in [-0.3, -0.25) is 14.9 Å². The Hall–Kier alpha value is -4.44. The number of carbonyl (C=O) groups excluding carboxylic acids is 3. The van der Waals surface area contributed by atoms with Gasteiger partial charge in [-0.15, -0.1) is 0 Å². The summed E-state index contributed by atoms with van der Waals surface area (Å²) in [5, 5.41) is 6.16. The van der Waals surface area contributed by atoms with Gasteiger partial charge in [0.05, 0.1) is 11.4 Å². The Bertz CT molecular complexity index is 1350. The summed E-state index contributed by atoms with van der Waals surface area (Å²) in [5.74, 6) is -0.626. The zero-order chi connectivity index (χ0) is 28.6. The summed E-state index contributed by atoms with van der Waals surface area (Å²) in [5.41, 5.74) is 3.00. The third-order valence-electron chi connectivity index (χ3n) is 7.32. The Morgan fingerprint density at radius 2 is 1.46 bits per heavy atom. The van der Waals surface area contributed by atoms with E-state index in [-0.39, 0.29) is 24.2 Å². The molecule has 2 aliphatic heterocycles. The number of carbonyl (C=O) groups is 3. The summed E-state index contributed by atoms with van der Waals surface area (Å²) in [4.78, 5) is 44.7. The first-order valence-corrected chi connectivity index (χ1v) is 13.9. The Morgan fingerprint density at radius 3 is 2.22 bits per heavy atom. The largest absolute Gasteiger partial charge is 0.444 e. The highest BCUT2D eigenvalue weighted by Gasteiger charge is 2.26. The second kappa shape index (κ2) is 13.3. The number of halogens is 1. The maximum Gasteiger partial charge on any atom is 0.412 e. The Kier molecular flexibility index (Phi) is 9.10. The summed E-state index contributed by atoms with van der Waals surface area (Å²) < 4.78 is 18.8. The highest BCUT2D eigenvalue weighted by Crippen LogP contribution is 2.30. The molecule has 3 aromatic carbocycles. The van der Waals surface area contributed by atoms with Crippen LogP contribution in [-0.2, 0) is 11.3 Å². The zero-order valence-electron chi connectivity index (χ0n) is 22.9. The Morgan fingerprint density at radius 1 is 0.780 bits per heavy atom. The summed E-state index contributed by atoms with van der Waals surface area (Å²) in [6.45, 7) is 4.96. The number of piperazine rings is 1. The van der Waals surface area contributed by atoms with E-state index in [2.05, 4.69) is 15.5 Å². The smallest absolute Gasteiger partial charge is 0.412 e. The number of amides is 3. The van der Waals surface area contributed by atoms with Crippen LogP contribution in [0.5, 0.6) is 0 Å². The van der Waals surface area contributed by atoms with E-state index in [0.29, 0.717) is 56.1 Å². The van der Waals surface area contributed by atoms with E-state index in [0.717, 1.165) is 30.8 Å². The van der Waals surface area contributed by atoms with Crippen molar-refractivity contribution in [2.75, 3.05) is 62.6 Å². The first kappa shape index (κ1) is 28.1. The van der Waals surface area contributed by atoms with Crippen LogP contribution in [0.3, 0.4) is 0 Å². The number of rotatable bonds is 6. The zero-order valence-corrected chi connectivity index (χ0v) is 22.9. The molecular weight excluding hydrogens is 525 g/mol. The van der Waals surface area contributed by atoms with Crippen LogP contribution in [0.4, 0.5) is 20.6 Å². The first-order chi connectivity index (χ1) is 20.0. The van der Waals surface area contributed by atoms with Gasteiger partial charge in [0, 0.05) is 56.9 Å². The summed E-state index contributed by atoms with van der Waals surface area (Å²) in [6, 6.07) is 20.3. The van der Waals surface area contributed by atoms with Gasteiger partial charge in [0.15, 0.2) is 0 Å². The van der Waals surface area contributed by atoms with E-state index in [4.69, 9.17) is 4.74 Å². The lowest BCUT2D eigenvalue weighted by Crippen LogP contribution is -2.49. The lowest BCUT2D eigenvalue weighted by Gasteiger charge is -2.37. The van der Waals surface area contributed by atoms with E-state index in [1.165, 1.54) is 24.3 Å². The van der Waals surface area contributed by atoms with Crippen LogP contribution in [0, 0.1) is 5.82 Å². The minimum Gasteiger partial charge on any atom is -0.444 e. The molecular formula is C31H34FN5O4. The monoisotopic (exact) mass is 559 g/mol. The van der Waals surface area contributed by atoms with Crippen molar-refractivity contribution in [3.63, 3.8) is 0 Å². The third kappa shape index (κ3) is 7.20. The molecule has 2 aliphatic rings. The number of ether oxygens (including phenoxy) is 1. The number of hydrogen-bond acceptors (Lipinski definition) is 6. The van der Waals surface area contributed by atoms with Gasteiger partial charge in [-0.1, -0.05) is 30.3 Å². The molecule has 3 aromatic rings. The highest BCUT2D eigenvalue weighted by atomic mass is 19.1. The maximum atomic E-state index is 13.3. The number of nitrogens with one attached hydrogen (secondary N) is 2. The third-order valence-corrected chi connectivity index (χ3v) is 7.32. The molecule has 0 atom stereocenters. The summed E-state index contributed by atoms with van der Waals surface area (Å²) >= 11 is 0. The lowest BCUT2D eigenvalue weighted by molar-refractivity contribution is 0.0743. The molecule has 5 rings (SSSR count). The van der Waals surface area contributed by atoms with Crippen LogP contribution in [0.2, 0.25) is 0 Å². The fraction of sp³-hybridized carbons (Fsp3) is 0.323. The van der Waals surface area contributed by atoms with Gasteiger partial charge < -0.3 is 24.8 Å². The number of hydrogen-bond donors (Lipinski definition) is 2. The molecule has 0 bridgehead atoms. The van der Waals surface area contributed by atoms with Crippen molar-refractivity contribution < 1.29 is 23.5 Å². The standard InChI is InChI=1S/C31H34FN5O4/c32-26-10-7-24(8-11-26)29(38)37-19-17-35(18-20-37)28-12-9-25(30(39)36-15-4-13-33-14-16-36)21-27(28)34-31(40)41-22-23-5-2-1-3-6-23/h1-3,5-12,21,33H,4,13-20,22H2,(H,34,40). The second-order valence-electron chi connectivity index (χ2n) is 10.1. The highest BCUT2D eigenvalue weighted by molar-refractivity contribution is 5.99. The van der Waals surface area contributed by atoms with Crippen LogP contribution in [0.1, 0.15) is 32.7 Å². The molecule has 2 heterocycles.